The molecule has 1 atom stereocenters. The summed E-state index contributed by atoms with van der Waals surface area (Å²) in [4.78, 5) is 46.3. The molecular weight excluding hydrogens is 244 g/mol. The lowest BCUT2D eigenvalue weighted by Gasteiger charge is -2.16. The number of hydrogen-bond donors (Lipinski definition) is 1. The molecule has 0 bridgehead atoms. The van der Waals surface area contributed by atoms with Gasteiger partial charge in [0.1, 0.15) is 0 Å². The minimum Gasteiger partial charge on any atom is -0.466 e. The Labute approximate surface area is 103 Å². The first-order valence-corrected chi connectivity index (χ1v) is 5.35. The first-order valence-electron chi connectivity index (χ1n) is 5.35. The zero-order valence-electron chi connectivity index (χ0n) is 10.1. The fourth-order valence-corrected chi connectivity index (χ4v) is 1.46. The number of ether oxygens (including phenoxy) is 1. The smallest absolute Gasteiger partial charge is 0.334 e. The minimum absolute atomic E-state index is 0.175. The van der Waals surface area contributed by atoms with E-state index in [0.717, 1.165) is 0 Å². The number of β-amino-alcohol motifs (C(OH)–C–C–N with tert-alkyl or cyclic N) is 1. The first kappa shape index (κ1) is 14.1. The third-order valence-corrected chi connectivity index (χ3v) is 2.35. The molecule has 0 aromatic carbocycles. The van der Waals surface area contributed by atoms with Gasteiger partial charge in [-0.2, -0.15) is 0 Å². The third kappa shape index (κ3) is 2.83. The van der Waals surface area contributed by atoms with Crippen LogP contribution in [-0.4, -0.2) is 65.0 Å². The van der Waals surface area contributed by atoms with Crippen LogP contribution in [0.25, 0.3) is 0 Å². The fourth-order valence-electron chi connectivity index (χ4n) is 1.46. The van der Waals surface area contributed by atoms with Gasteiger partial charge in [-0.1, -0.05) is 0 Å². The lowest BCUT2D eigenvalue weighted by molar-refractivity contribution is -0.146. The molecule has 18 heavy (non-hydrogen) atoms. The van der Waals surface area contributed by atoms with Gasteiger partial charge in [0.05, 0.1) is 25.7 Å². The average molecular weight is 258 g/mol. The topological polar surface area (TPSA) is 104 Å². The second-order valence-corrected chi connectivity index (χ2v) is 3.73. The molecule has 1 unspecified atom stereocenters. The van der Waals surface area contributed by atoms with Gasteiger partial charge in [-0.25, -0.2) is 4.79 Å². The van der Waals surface area contributed by atoms with Crippen LogP contribution in [0.1, 0.15) is 13.3 Å². The lowest BCUT2D eigenvalue weighted by atomic mass is 10.2. The molecule has 1 heterocycles. The number of amides is 4. The van der Waals surface area contributed by atoms with Gasteiger partial charge >= 0.3 is 23.8 Å². The molecule has 4 amide bonds. The molecule has 1 rings (SSSR count). The fraction of sp³-hybridized carbons (Fsp3) is 0.600. The van der Waals surface area contributed by atoms with Crippen LogP contribution in [0.2, 0.25) is 0 Å². The number of esters is 1. The zero-order valence-corrected chi connectivity index (χ0v) is 10.1. The highest BCUT2D eigenvalue weighted by atomic mass is 16.5. The van der Waals surface area contributed by atoms with Gasteiger partial charge in [0.2, 0.25) is 0 Å². The molecule has 1 N–H and O–H groups in total. The van der Waals surface area contributed by atoms with Crippen molar-refractivity contribution >= 4 is 23.8 Å². The van der Waals surface area contributed by atoms with E-state index in [9.17, 15) is 24.3 Å². The van der Waals surface area contributed by atoms with Crippen LogP contribution in [0.15, 0.2) is 0 Å². The van der Waals surface area contributed by atoms with E-state index in [0.29, 0.717) is 9.80 Å². The molecule has 8 nitrogen and oxygen atoms in total. The standard InChI is InChI=1S/C10H14N2O6/c1-3-18-7(14)4-6(13)5-12-9(16)8(15)11(2)10(12)17/h6,13H,3-5H2,1-2H3. The minimum atomic E-state index is -1.25. The Morgan fingerprint density at radius 3 is 2.39 bits per heavy atom. The maximum absolute atomic E-state index is 11.5. The number of urea groups is 1. The number of hydrogen-bond acceptors (Lipinski definition) is 6. The van der Waals surface area contributed by atoms with E-state index in [-0.39, 0.29) is 13.0 Å². The van der Waals surface area contributed by atoms with Gasteiger partial charge in [-0.15, -0.1) is 0 Å². The monoisotopic (exact) mass is 258 g/mol. The van der Waals surface area contributed by atoms with Crippen molar-refractivity contribution in [1.82, 2.24) is 9.80 Å². The Kier molecular flexibility index (Phi) is 4.38. The number of likely N-dealkylation sites (N-methyl/N-ethyl adjacent to an activating group) is 1. The quantitative estimate of drug-likeness (QED) is 0.374. The van der Waals surface area contributed by atoms with Crippen molar-refractivity contribution in [3.8, 4) is 0 Å². The maximum atomic E-state index is 11.5. The largest absolute Gasteiger partial charge is 0.466 e. The first-order chi connectivity index (χ1) is 8.38. The Bertz CT molecular complexity index is 394. The molecule has 1 saturated heterocycles. The van der Waals surface area contributed by atoms with Crippen molar-refractivity contribution in [2.75, 3.05) is 20.2 Å². The van der Waals surface area contributed by atoms with Gasteiger partial charge in [0.25, 0.3) is 0 Å². The lowest BCUT2D eigenvalue weighted by Crippen LogP contribution is -2.38. The molecule has 8 heteroatoms. The molecule has 1 aliphatic heterocycles. The predicted octanol–water partition coefficient (Wildman–Crippen LogP) is -1.28. The van der Waals surface area contributed by atoms with Gasteiger partial charge < -0.3 is 9.84 Å². The summed E-state index contributed by atoms with van der Waals surface area (Å²) in [6.45, 7) is 1.38. The molecule has 0 aromatic heterocycles. The van der Waals surface area contributed by atoms with Crippen molar-refractivity contribution in [3.05, 3.63) is 0 Å². The number of carbonyl (C=O) groups is 4. The summed E-state index contributed by atoms with van der Waals surface area (Å²) in [7, 11) is 1.17. The van der Waals surface area contributed by atoms with Gasteiger partial charge in [0.15, 0.2) is 0 Å². The van der Waals surface area contributed by atoms with Crippen LogP contribution in [0.5, 0.6) is 0 Å². The summed E-state index contributed by atoms with van der Waals surface area (Å²) in [6.07, 6.45) is -1.60. The number of carbonyl (C=O) groups excluding carboxylic acids is 4. The van der Waals surface area contributed by atoms with E-state index < -0.39 is 36.5 Å². The van der Waals surface area contributed by atoms with Crippen LogP contribution >= 0.6 is 0 Å². The molecule has 0 radical (unpaired) electrons. The second kappa shape index (κ2) is 5.58. The average Bonchev–Trinajstić information content (AvgIpc) is 2.47. The number of nitrogens with zero attached hydrogens (tertiary/aromatic N) is 2. The zero-order chi connectivity index (χ0) is 13.9. The Balaban J connectivity index is 2.57. The second-order valence-electron chi connectivity index (χ2n) is 3.73. The highest BCUT2D eigenvalue weighted by Gasteiger charge is 2.42. The molecule has 0 saturated carbocycles. The highest BCUT2D eigenvalue weighted by Crippen LogP contribution is 2.11. The summed E-state index contributed by atoms with van der Waals surface area (Å²) in [5, 5.41) is 9.54. The highest BCUT2D eigenvalue weighted by molar-refractivity contribution is 6.44. The van der Waals surface area contributed by atoms with Crippen molar-refractivity contribution in [3.63, 3.8) is 0 Å². The van der Waals surface area contributed by atoms with Gasteiger partial charge in [-0.3, -0.25) is 24.2 Å². The Morgan fingerprint density at radius 2 is 1.94 bits per heavy atom. The Morgan fingerprint density at radius 1 is 1.33 bits per heavy atom. The number of imide groups is 2. The van der Waals surface area contributed by atoms with E-state index in [2.05, 4.69) is 4.74 Å². The molecular formula is C10H14N2O6. The van der Waals surface area contributed by atoms with Crippen molar-refractivity contribution in [2.45, 2.75) is 19.4 Å². The van der Waals surface area contributed by atoms with Gasteiger partial charge in [-0.05, 0) is 6.92 Å². The number of rotatable bonds is 5. The SMILES string of the molecule is CCOC(=O)CC(O)CN1C(=O)C(=O)N(C)C1=O. The molecule has 1 fully saturated rings. The normalized spacial score (nSPS) is 17.4. The van der Waals surface area contributed by atoms with Crippen molar-refractivity contribution in [1.29, 1.82) is 0 Å². The van der Waals surface area contributed by atoms with Crippen molar-refractivity contribution < 1.29 is 29.0 Å². The summed E-state index contributed by atoms with van der Waals surface area (Å²) < 4.78 is 4.61. The summed E-state index contributed by atoms with van der Waals surface area (Å²) in [5.74, 6) is -2.60. The van der Waals surface area contributed by atoms with E-state index in [1.165, 1.54) is 7.05 Å². The van der Waals surface area contributed by atoms with Crippen LogP contribution in [0, 0.1) is 0 Å². The molecule has 0 aliphatic carbocycles. The molecule has 0 spiro atoms. The third-order valence-electron chi connectivity index (χ3n) is 2.35. The Hall–Kier alpha value is -1.96. The van der Waals surface area contributed by atoms with E-state index in [1.807, 2.05) is 0 Å². The van der Waals surface area contributed by atoms with Crippen molar-refractivity contribution in [2.24, 2.45) is 0 Å². The van der Waals surface area contributed by atoms with E-state index >= 15 is 0 Å². The van der Waals surface area contributed by atoms with Crippen LogP contribution in [0.3, 0.4) is 0 Å². The summed E-state index contributed by atoms with van der Waals surface area (Å²) in [5.41, 5.74) is 0. The predicted molar refractivity (Wildman–Crippen MR) is 57.1 cm³/mol. The van der Waals surface area contributed by atoms with E-state index in [4.69, 9.17) is 0 Å². The molecule has 100 valence electrons. The molecule has 0 aromatic rings. The summed E-state index contributed by atoms with van der Waals surface area (Å²) >= 11 is 0. The summed E-state index contributed by atoms with van der Waals surface area (Å²) in [6, 6.07) is -0.812. The van der Waals surface area contributed by atoms with Crippen LogP contribution in [0.4, 0.5) is 4.79 Å². The number of aliphatic hydroxyl groups excluding tert-OH is 1. The van der Waals surface area contributed by atoms with E-state index in [1.54, 1.807) is 6.92 Å². The van der Waals surface area contributed by atoms with Gasteiger partial charge in [0, 0.05) is 7.05 Å². The number of aliphatic hydroxyl groups is 1. The van der Waals surface area contributed by atoms with Crippen LogP contribution < -0.4 is 0 Å². The maximum Gasteiger partial charge on any atom is 0.334 e. The van der Waals surface area contributed by atoms with Crippen LogP contribution in [-0.2, 0) is 19.1 Å². The molecule has 1 aliphatic rings.